The van der Waals surface area contributed by atoms with Crippen molar-refractivity contribution in [2.45, 2.75) is 12.8 Å². The first-order valence-electron chi connectivity index (χ1n) is 8.05. The van der Waals surface area contributed by atoms with E-state index >= 15 is 0 Å². The van der Waals surface area contributed by atoms with Crippen molar-refractivity contribution >= 4 is 27.5 Å². The van der Waals surface area contributed by atoms with Crippen LogP contribution < -0.4 is 10.1 Å². The summed E-state index contributed by atoms with van der Waals surface area (Å²) in [6, 6.07) is 11.8. The van der Waals surface area contributed by atoms with E-state index in [1.165, 1.54) is 6.07 Å². The van der Waals surface area contributed by atoms with Gasteiger partial charge < -0.3 is 15.0 Å². The molecule has 0 fully saturated rings. The summed E-state index contributed by atoms with van der Waals surface area (Å²) in [7, 11) is 4.06. The van der Waals surface area contributed by atoms with Crippen LogP contribution in [-0.4, -0.2) is 38.1 Å². The van der Waals surface area contributed by atoms with E-state index in [4.69, 9.17) is 4.74 Å². The molecule has 2 rings (SSSR count). The van der Waals surface area contributed by atoms with Crippen molar-refractivity contribution < 1.29 is 13.9 Å². The summed E-state index contributed by atoms with van der Waals surface area (Å²) < 4.78 is 19.2. The summed E-state index contributed by atoms with van der Waals surface area (Å²) in [6.07, 6.45) is 1.14. The lowest BCUT2D eigenvalue weighted by atomic mass is 10.1. The van der Waals surface area contributed by atoms with Crippen molar-refractivity contribution in [1.29, 1.82) is 0 Å². The lowest BCUT2D eigenvalue weighted by molar-refractivity contribution is -0.115. The van der Waals surface area contributed by atoms with Crippen molar-refractivity contribution in [3.8, 4) is 5.75 Å². The molecule has 0 bridgehead atoms. The number of hydrogen-bond acceptors (Lipinski definition) is 3. The zero-order valence-corrected chi connectivity index (χ0v) is 16.0. The van der Waals surface area contributed by atoms with Crippen LogP contribution in [0.3, 0.4) is 0 Å². The SMILES string of the molecule is CN(C)CCCOc1ccc(NC(=O)Cc2ccc(F)c(Br)c2)cc1. The highest BCUT2D eigenvalue weighted by Gasteiger charge is 2.07. The molecule has 2 aromatic carbocycles. The zero-order valence-electron chi connectivity index (χ0n) is 14.4. The Morgan fingerprint density at radius 1 is 1.20 bits per heavy atom. The molecule has 0 aliphatic heterocycles. The van der Waals surface area contributed by atoms with E-state index in [1.54, 1.807) is 24.3 Å². The van der Waals surface area contributed by atoms with E-state index in [0.717, 1.165) is 24.3 Å². The van der Waals surface area contributed by atoms with Gasteiger partial charge in [-0.15, -0.1) is 0 Å². The third-order valence-corrected chi connectivity index (χ3v) is 4.11. The third-order valence-electron chi connectivity index (χ3n) is 3.51. The molecule has 4 nitrogen and oxygen atoms in total. The number of nitrogens with zero attached hydrogens (tertiary/aromatic N) is 1. The van der Waals surface area contributed by atoms with E-state index < -0.39 is 0 Å². The van der Waals surface area contributed by atoms with Crippen LogP contribution in [0.15, 0.2) is 46.9 Å². The van der Waals surface area contributed by atoms with Crippen LogP contribution in [-0.2, 0) is 11.2 Å². The Kier molecular flexibility index (Phi) is 7.40. The van der Waals surface area contributed by atoms with Crippen molar-refractivity contribution in [1.82, 2.24) is 4.90 Å². The summed E-state index contributed by atoms with van der Waals surface area (Å²) in [5, 5.41) is 2.82. The number of halogens is 2. The second-order valence-corrected chi connectivity index (χ2v) is 6.86. The number of benzene rings is 2. The number of carbonyl (C=O) groups is 1. The highest BCUT2D eigenvalue weighted by Crippen LogP contribution is 2.19. The molecule has 1 amide bonds. The molecule has 0 spiro atoms. The van der Waals surface area contributed by atoms with Crippen LogP contribution in [0.1, 0.15) is 12.0 Å². The van der Waals surface area contributed by atoms with E-state index in [1.807, 2.05) is 26.2 Å². The number of anilines is 1. The molecule has 0 unspecified atom stereocenters. The van der Waals surface area contributed by atoms with Gasteiger partial charge in [0.1, 0.15) is 11.6 Å². The number of carbonyl (C=O) groups excluding carboxylic acids is 1. The molecular weight excluding hydrogens is 387 g/mol. The number of nitrogens with one attached hydrogen (secondary N) is 1. The Balaban J connectivity index is 1.81. The van der Waals surface area contributed by atoms with Crippen molar-refractivity contribution in [3.63, 3.8) is 0 Å². The van der Waals surface area contributed by atoms with Gasteiger partial charge in [0.15, 0.2) is 0 Å². The van der Waals surface area contributed by atoms with Gasteiger partial charge in [0.2, 0.25) is 5.91 Å². The second-order valence-electron chi connectivity index (χ2n) is 6.00. The van der Waals surface area contributed by atoms with Gasteiger partial charge in [-0.25, -0.2) is 4.39 Å². The van der Waals surface area contributed by atoms with Crippen molar-refractivity contribution in [3.05, 3.63) is 58.3 Å². The average molecular weight is 409 g/mol. The molecule has 6 heteroatoms. The quantitative estimate of drug-likeness (QED) is 0.668. The van der Waals surface area contributed by atoms with E-state index in [2.05, 4.69) is 26.1 Å². The van der Waals surface area contributed by atoms with Gasteiger partial charge in [-0.3, -0.25) is 4.79 Å². The standard InChI is InChI=1S/C19H22BrFN2O2/c1-23(2)10-3-11-25-16-7-5-15(6-8-16)22-19(24)13-14-4-9-18(21)17(20)12-14/h4-9,12H,3,10-11,13H2,1-2H3,(H,22,24). The van der Waals surface area contributed by atoms with Gasteiger partial charge in [0, 0.05) is 12.2 Å². The Labute approximate surface area is 156 Å². The summed E-state index contributed by atoms with van der Waals surface area (Å²) >= 11 is 3.12. The highest BCUT2D eigenvalue weighted by atomic mass is 79.9. The number of hydrogen-bond donors (Lipinski definition) is 1. The van der Waals surface area contributed by atoms with Gasteiger partial charge in [-0.2, -0.15) is 0 Å². The maximum atomic E-state index is 13.2. The molecular formula is C19H22BrFN2O2. The normalized spacial score (nSPS) is 10.8. The summed E-state index contributed by atoms with van der Waals surface area (Å²) in [6.45, 7) is 1.64. The predicted molar refractivity (Wildman–Crippen MR) is 102 cm³/mol. The van der Waals surface area contributed by atoms with Crippen LogP contribution in [0.25, 0.3) is 0 Å². The van der Waals surface area contributed by atoms with Gasteiger partial charge in [0.25, 0.3) is 0 Å². The predicted octanol–water partition coefficient (Wildman–Crippen LogP) is 4.10. The van der Waals surface area contributed by atoms with Crippen LogP contribution >= 0.6 is 15.9 Å². The Morgan fingerprint density at radius 3 is 2.56 bits per heavy atom. The fraction of sp³-hybridized carbons (Fsp3) is 0.316. The zero-order chi connectivity index (χ0) is 18.2. The fourth-order valence-corrected chi connectivity index (χ4v) is 2.67. The molecule has 0 saturated carbocycles. The van der Waals surface area contributed by atoms with Crippen LogP contribution in [0.4, 0.5) is 10.1 Å². The lowest BCUT2D eigenvalue weighted by Crippen LogP contribution is -2.15. The molecule has 25 heavy (non-hydrogen) atoms. The van der Waals surface area contributed by atoms with Crippen molar-refractivity contribution in [2.24, 2.45) is 0 Å². The van der Waals surface area contributed by atoms with Crippen LogP contribution in [0.5, 0.6) is 5.75 Å². The monoisotopic (exact) mass is 408 g/mol. The van der Waals surface area contributed by atoms with Gasteiger partial charge >= 0.3 is 0 Å². The highest BCUT2D eigenvalue weighted by molar-refractivity contribution is 9.10. The summed E-state index contributed by atoms with van der Waals surface area (Å²) in [4.78, 5) is 14.2. The second kappa shape index (κ2) is 9.53. The molecule has 0 aliphatic carbocycles. The molecule has 134 valence electrons. The fourth-order valence-electron chi connectivity index (χ4n) is 2.25. The Hall–Kier alpha value is -1.92. The van der Waals surface area contributed by atoms with Gasteiger partial charge in [-0.05, 0) is 78.4 Å². The van der Waals surface area contributed by atoms with E-state index in [9.17, 15) is 9.18 Å². The first-order valence-corrected chi connectivity index (χ1v) is 8.85. The van der Waals surface area contributed by atoms with Crippen molar-refractivity contribution in [2.75, 3.05) is 32.6 Å². The molecule has 0 aliphatic rings. The largest absolute Gasteiger partial charge is 0.494 e. The summed E-state index contributed by atoms with van der Waals surface area (Å²) in [5.41, 5.74) is 1.44. The molecule has 2 aromatic rings. The average Bonchev–Trinajstić information content (AvgIpc) is 2.56. The van der Waals surface area contributed by atoms with Crippen LogP contribution in [0.2, 0.25) is 0 Å². The minimum absolute atomic E-state index is 0.154. The van der Waals surface area contributed by atoms with Gasteiger partial charge in [-0.1, -0.05) is 6.07 Å². The molecule has 0 saturated heterocycles. The molecule has 0 heterocycles. The van der Waals surface area contributed by atoms with E-state index in [-0.39, 0.29) is 18.1 Å². The lowest BCUT2D eigenvalue weighted by Gasteiger charge is -2.11. The minimum atomic E-state index is -0.342. The van der Waals surface area contributed by atoms with Gasteiger partial charge in [0.05, 0.1) is 17.5 Å². The first kappa shape index (κ1) is 19.4. The molecule has 0 aromatic heterocycles. The maximum absolute atomic E-state index is 13.2. The summed E-state index contributed by atoms with van der Waals surface area (Å²) in [5.74, 6) is 0.280. The maximum Gasteiger partial charge on any atom is 0.228 e. The topological polar surface area (TPSA) is 41.6 Å². The smallest absolute Gasteiger partial charge is 0.228 e. The minimum Gasteiger partial charge on any atom is -0.494 e. The van der Waals surface area contributed by atoms with Crippen LogP contribution in [0, 0.1) is 5.82 Å². The molecule has 1 N–H and O–H groups in total. The Bertz CT molecular complexity index is 705. The Morgan fingerprint density at radius 2 is 1.92 bits per heavy atom. The first-order chi connectivity index (χ1) is 11.9. The molecule has 0 radical (unpaired) electrons. The number of ether oxygens (including phenoxy) is 1. The number of rotatable bonds is 8. The van der Waals surface area contributed by atoms with E-state index in [0.29, 0.717) is 16.8 Å². The molecule has 0 atom stereocenters. The third kappa shape index (κ3) is 6.84. The number of amides is 1.